The molecule has 2 aliphatic rings. The molecule has 1 aliphatic heterocycles. The molecule has 2 fully saturated rings. The maximum atomic E-state index is 14.5. The number of likely N-dealkylation sites (tertiary alicyclic amines) is 1. The van der Waals surface area contributed by atoms with Gasteiger partial charge in [-0.1, -0.05) is 66.2 Å². The largest absolute Gasteiger partial charge is 0.469 e. The highest BCUT2D eigenvalue weighted by Gasteiger charge is 2.36. The van der Waals surface area contributed by atoms with Gasteiger partial charge in [0.15, 0.2) is 0 Å². The number of nitrogens with zero attached hydrogens (tertiary/aromatic N) is 2. The van der Waals surface area contributed by atoms with Crippen LogP contribution in [0.2, 0.25) is 5.02 Å². The van der Waals surface area contributed by atoms with Crippen LogP contribution in [0.25, 0.3) is 10.9 Å². The lowest BCUT2D eigenvalue weighted by molar-refractivity contribution is -0.148. The molecule has 1 saturated carbocycles. The summed E-state index contributed by atoms with van der Waals surface area (Å²) in [6, 6.07) is 22.6. The molecule has 47 heavy (non-hydrogen) atoms. The van der Waals surface area contributed by atoms with Crippen molar-refractivity contribution >= 4 is 46.0 Å². The summed E-state index contributed by atoms with van der Waals surface area (Å²) >= 11 is 6.61. The van der Waals surface area contributed by atoms with Gasteiger partial charge >= 0.3 is 5.97 Å². The number of halogens is 2. The number of esters is 1. The van der Waals surface area contributed by atoms with Crippen molar-refractivity contribution in [1.29, 1.82) is 0 Å². The summed E-state index contributed by atoms with van der Waals surface area (Å²) in [6.07, 6.45) is 3.88. The summed E-state index contributed by atoms with van der Waals surface area (Å²) in [5, 5.41) is 4.08. The molecule has 1 aromatic heterocycles. The van der Waals surface area contributed by atoms with Gasteiger partial charge < -0.3 is 24.3 Å². The Morgan fingerprint density at radius 3 is 2.45 bits per heavy atom. The number of hydrogen-bond acceptors (Lipinski definition) is 5. The molecule has 4 aromatic rings. The monoisotopic (exact) mass is 659 g/mol. The molecule has 10 heteroatoms. The zero-order valence-electron chi connectivity index (χ0n) is 26.4. The quantitative estimate of drug-likeness (QED) is 0.189. The van der Waals surface area contributed by atoms with Crippen molar-refractivity contribution in [3.05, 3.63) is 101 Å². The fraction of sp³-hybridized carbons (Fsp3) is 0.378. The molecule has 246 valence electrons. The van der Waals surface area contributed by atoms with Crippen LogP contribution >= 0.6 is 11.6 Å². The molecule has 0 unspecified atom stereocenters. The number of methoxy groups -OCH3 is 1. The second-order valence-corrected chi connectivity index (χ2v) is 12.9. The van der Waals surface area contributed by atoms with Crippen molar-refractivity contribution in [1.82, 2.24) is 9.47 Å². The van der Waals surface area contributed by atoms with E-state index in [1.165, 1.54) is 7.11 Å². The highest BCUT2D eigenvalue weighted by molar-refractivity contribution is 6.34. The Bertz CT molecular complexity index is 1740. The fourth-order valence-corrected chi connectivity index (χ4v) is 7.03. The van der Waals surface area contributed by atoms with Crippen molar-refractivity contribution in [2.24, 2.45) is 5.92 Å². The van der Waals surface area contributed by atoms with E-state index in [2.05, 4.69) is 22.0 Å². The zero-order valence-corrected chi connectivity index (χ0v) is 27.1. The summed E-state index contributed by atoms with van der Waals surface area (Å²) in [6.45, 7) is 0.915. The van der Waals surface area contributed by atoms with Crippen LogP contribution in [-0.2, 0) is 32.0 Å². The van der Waals surface area contributed by atoms with Crippen LogP contribution in [0, 0.1) is 5.92 Å². The van der Waals surface area contributed by atoms with Crippen LogP contribution in [0.5, 0.6) is 0 Å². The number of nitrogens with one attached hydrogen (secondary N) is 1. The molecule has 1 aliphatic carbocycles. The highest BCUT2D eigenvalue weighted by Crippen LogP contribution is 2.30. The van der Waals surface area contributed by atoms with Crippen LogP contribution in [0.1, 0.15) is 53.6 Å². The Morgan fingerprint density at radius 1 is 0.957 bits per heavy atom. The van der Waals surface area contributed by atoms with Crippen LogP contribution in [0.4, 0.5) is 10.1 Å². The molecule has 2 atom stereocenters. The molecular weight excluding hydrogens is 621 g/mol. The van der Waals surface area contributed by atoms with Gasteiger partial charge in [-0.05, 0) is 55.0 Å². The lowest BCUT2D eigenvalue weighted by Gasteiger charge is -2.30. The van der Waals surface area contributed by atoms with E-state index in [1.807, 2.05) is 48.7 Å². The molecule has 3 aromatic carbocycles. The minimum atomic E-state index is -1.11. The molecule has 1 saturated heterocycles. The first-order chi connectivity index (χ1) is 22.8. The summed E-state index contributed by atoms with van der Waals surface area (Å²) in [5.74, 6) is -0.772. The Hall–Kier alpha value is -4.21. The maximum absolute atomic E-state index is 14.5. The van der Waals surface area contributed by atoms with Crippen LogP contribution in [0.3, 0.4) is 0 Å². The van der Waals surface area contributed by atoms with Gasteiger partial charge in [-0.25, -0.2) is 4.39 Å². The minimum Gasteiger partial charge on any atom is -0.469 e. The predicted octanol–water partition coefficient (Wildman–Crippen LogP) is 6.83. The Kier molecular flexibility index (Phi) is 10.2. The number of carbonyl (C=O) groups excluding carboxylic acids is 3. The van der Waals surface area contributed by atoms with Crippen LogP contribution < -0.4 is 5.32 Å². The number of amides is 2. The smallest absolute Gasteiger partial charge is 0.308 e. The molecule has 6 rings (SSSR count). The zero-order chi connectivity index (χ0) is 32.9. The van der Waals surface area contributed by atoms with E-state index in [1.54, 1.807) is 23.1 Å². The molecule has 0 radical (unpaired) electrons. The number of aromatic nitrogens is 1. The van der Waals surface area contributed by atoms with Crippen LogP contribution in [-0.4, -0.2) is 65.8 Å². The number of benzene rings is 3. The fourth-order valence-electron chi connectivity index (χ4n) is 6.78. The Labute approximate surface area is 278 Å². The number of anilines is 1. The number of para-hydroxylation sites is 1. The second-order valence-electron chi connectivity index (χ2n) is 12.5. The molecule has 2 heterocycles. The van der Waals surface area contributed by atoms with E-state index >= 15 is 0 Å². The molecule has 0 bridgehead atoms. The second kappa shape index (κ2) is 14.7. The van der Waals surface area contributed by atoms with E-state index in [0.717, 1.165) is 29.3 Å². The lowest BCUT2D eigenvalue weighted by atomic mass is 9.87. The van der Waals surface area contributed by atoms with E-state index in [4.69, 9.17) is 21.1 Å². The Balaban J connectivity index is 1.07. The standard InChI is InChI=1S/C37H39ClFN3O5/c1-46-37(45)26-12-14-29(15-13-26)47-23-28-19-27(39)21-42(28)35(43)18-25-11-16-33(32(38)17-25)40-36(44)31-22-41(20-24-7-3-2-4-8-24)34-10-6-5-9-30(31)34/h2-11,16-17,22,26-29H,12-15,18-21,23H2,1H3,(H,40,44)/t26-,27-,28-,29-/m0/s1. The van der Waals surface area contributed by atoms with Gasteiger partial charge in [0.05, 0.1) is 61.0 Å². The van der Waals surface area contributed by atoms with E-state index in [9.17, 15) is 18.8 Å². The van der Waals surface area contributed by atoms with Gasteiger partial charge in [-0.3, -0.25) is 14.4 Å². The SMILES string of the molecule is COC(=O)[C@H]1CC[C@H](OC[C@@H]2C[C@H](F)CN2C(=O)Cc2ccc(NC(=O)c3cn(Cc4ccccc4)c4ccccc34)c(Cl)c2)CC1. The maximum Gasteiger partial charge on any atom is 0.308 e. The summed E-state index contributed by atoms with van der Waals surface area (Å²) in [5.41, 5.74) is 3.72. The third-order valence-electron chi connectivity index (χ3n) is 9.28. The summed E-state index contributed by atoms with van der Waals surface area (Å²) < 4.78 is 27.5. The number of fused-ring (bicyclic) bond motifs is 1. The van der Waals surface area contributed by atoms with Gasteiger partial charge in [0.25, 0.3) is 5.91 Å². The van der Waals surface area contributed by atoms with Gasteiger partial charge in [-0.15, -0.1) is 0 Å². The van der Waals surface area contributed by atoms with Crippen molar-refractivity contribution in [3.8, 4) is 0 Å². The summed E-state index contributed by atoms with van der Waals surface area (Å²) in [4.78, 5) is 40.2. The first-order valence-corrected chi connectivity index (χ1v) is 16.5. The van der Waals surface area contributed by atoms with Gasteiger partial charge in [0.2, 0.25) is 5.91 Å². The number of alkyl halides is 1. The topological polar surface area (TPSA) is 89.9 Å². The normalized spacial score (nSPS) is 21.1. The van der Waals surface area contributed by atoms with Crippen molar-refractivity contribution in [2.45, 2.75) is 63.4 Å². The van der Waals surface area contributed by atoms with Crippen LogP contribution in [0.15, 0.2) is 79.0 Å². The average Bonchev–Trinajstić information content (AvgIpc) is 3.65. The van der Waals surface area contributed by atoms with E-state index in [0.29, 0.717) is 41.2 Å². The molecule has 1 N–H and O–H groups in total. The molecule has 2 amide bonds. The van der Waals surface area contributed by atoms with Crippen molar-refractivity contribution in [2.75, 3.05) is 25.6 Å². The van der Waals surface area contributed by atoms with Gasteiger partial charge in [0, 0.05) is 30.1 Å². The molecule has 0 spiro atoms. The highest BCUT2D eigenvalue weighted by atomic mass is 35.5. The number of ether oxygens (including phenoxy) is 2. The molecule has 8 nitrogen and oxygen atoms in total. The first kappa shape index (κ1) is 32.7. The number of carbonyl (C=O) groups is 3. The van der Waals surface area contributed by atoms with Crippen molar-refractivity contribution in [3.63, 3.8) is 0 Å². The predicted molar refractivity (Wildman–Crippen MR) is 179 cm³/mol. The van der Waals surface area contributed by atoms with E-state index < -0.39 is 6.17 Å². The first-order valence-electron chi connectivity index (χ1n) is 16.1. The number of hydrogen-bond donors (Lipinski definition) is 1. The molecular formula is C37H39ClFN3O5. The summed E-state index contributed by atoms with van der Waals surface area (Å²) in [7, 11) is 1.40. The third kappa shape index (κ3) is 7.68. The lowest BCUT2D eigenvalue weighted by Crippen LogP contribution is -2.40. The van der Waals surface area contributed by atoms with E-state index in [-0.39, 0.29) is 61.8 Å². The number of rotatable bonds is 10. The van der Waals surface area contributed by atoms with Gasteiger partial charge in [-0.2, -0.15) is 0 Å². The Morgan fingerprint density at radius 2 is 1.70 bits per heavy atom. The average molecular weight is 660 g/mol. The minimum absolute atomic E-state index is 0.0199. The van der Waals surface area contributed by atoms with Crippen molar-refractivity contribution < 1.29 is 28.2 Å². The van der Waals surface area contributed by atoms with Gasteiger partial charge in [0.1, 0.15) is 6.17 Å². The third-order valence-corrected chi connectivity index (χ3v) is 9.60.